The van der Waals surface area contributed by atoms with E-state index in [1.165, 1.54) is 25.0 Å². The van der Waals surface area contributed by atoms with Crippen LogP contribution in [0.15, 0.2) is 48.5 Å². The van der Waals surface area contributed by atoms with E-state index < -0.39 is 29.6 Å². The number of piperidine rings is 1. The Morgan fingerprint density at radius 3 is 2.05 bits per heavy atom. The number of amides is 1. The molecular weight excluding hydrogens is 541 g/mol. The molecule has 4 nitrogen and oxygen atoms in total. The Bertz CT molecular complexity index is 1100. The number of benzene rings is 2. The number of halogens is 7. The number of nitrogens with zero attached hydrogens (tertiary/aromatic N) is 2. The molecule has 3 aliphatic rings. The lowest BCUT2D eigenvalue weighted by Gasteiger charge is -2.37. The summed E-state index contributed by atoms with van der Waals surface area (Å²) >= 11 is 0. The maximum atomic E-state index is 13.1. The third-order valence-electron chi connectivity index (χ3n) is 7.89. The van der Waals surface area contributed by atoms with E-state index in [1.807, 2.05) is 6.92 Å². The standard InChI is InChI=1S/C23H28F6N2O2.C6H5F/c1-14-19-8-15(11-30-4-2-3-5-30)9-21(32)31(19)12-20(14)33-13-16-6-17(22(24,25)26)10-18(7-16)23(27,28)29;7-6-4-2-1-3-5-6/h6-7,10,14-15,19-20H,2-5,8-9,11-13H2,1H3;1-5H. The number of rotatable bonds is 5. The Morgan fingerprint density at radius 1 is 0.925 bits per heavy atom. The molecule has 40 heavy (non-hydrogen) atoms. The lowest BCUT2D eigenvalue weighted by molar-refractivity contribution is -0.143. The highest BCUT2D eigenvalue weighted by Crippen LogP contribution is 2.39. The highest BCUT2D eigenvalue weighted by Gasteiger charge is 2.46. The van der Waals surface area contributed by atoms with Crippen molar-refractivity contribution in [2.24, 2.45) is 11.8 Å². The first-order valence-corrected chi connectivity index (χ1v) is 13.4. The molecule has 3 heterocycles. The number of carbonyl (C=O) groups is 1. The van der Waals surface area contributed by atoms with Gasteiger partial charge in [0.2, 0.25) is 5.91 Å². The molecule has 4 unspecified atom stereocenters. The number of alkyl halides is 6. The van der Waals surface area contributed by atoms with Gasteiger partial charge in [-0.3, -0.25) is 4.79 Å². The van der Waals surface area contributed by atoms with Crippen LogP contribution in [0.3, 0.4) is 0 Å². The quantitative estimate of drug-likeness (QED) is 0.369. The van der Waals surface area contributed by atoms with E-state index >= 15 is 0 Å². The minimum atomic E-state index is -4.89. The Kier molecular flexibility index (Phi) is 9.44. The van der Waals surface area contributed by atoms with Crippen LogP contribution in [0.2, 0.25) is 0 Å². The van der Waals surface area contributed by atoms with Crippen molar-refractivity contribution >= 4 is 5.91 Å². The number of ether oxygens (including phenoxy) is 1. The van der Waals surface area contributed by atoms with Gasteiger partial charge in [-0.25, -0.2) is 4.39 Å². The summed E-state index contributed by atoms with van der Waals surface area (Å²) in [5.41, 5.74) is -2.90. The molecule has 0 saturated carbocycles. The second-order valence-corrected chi connectivity index (χ2v) is 10.8. The second kappa shape index (κ2) is 12.5. The zero-order chi connectivity index (χ0) is 29.1. The van der Waals surface area contributed by atoms with E-state index in [2.05, 4.69) is 4.90 Å². The lowest BCUT2D eigenvalue weighted by Crippen LogP contribution is -2.46. The maximum Gasteiger partial charge on any atom is 0.416 e. The molecule has 0 spiro atoms. The summed E-state index contributed by atoms with van der Waals surface area (Å²) in [7, 11) is 0. The van der Waals surface area contributed by atoms with Crippen molar-refractivity contribution in [3.8, 4) is 0 Å². The number of likely N-dealkylation sites (tertiary alicyclic amines) is 1. The third-order valence-corrected chi connectivity index (χ3v) is 7.89. The first-order valence-electron chi connectivity index (χ1n) is 13.4. The molecule has 0 aliphatic carbocycles. The predicted molar refractivity (Wildman–Crippen MR) is 134 cm³/mol. The summed E-state index contributed by atoms with van der Waals surface area (Å²) in [5.74, 6) is 0.0772. The Labute approximate surface area is 229 Å². The zero-order valence-electron chi connectivity index (χ0n) is 22.1. The molecule has 0 radical (unpaired) electrons. The highest BCUT2D eigenvalue weighted by molar-refractivity contribution is 5.78. The van der Waals surface area contributed by atoms with Gasteiger partial charge >= 0.3 is 12.4 Å². The van der Waals surface area contributed by atoms with Gasteiger partial charge in [-0.2, -0.15) is 26.3 Å². The molecule has 11 heteroatoms. The Balaban J connectivity index is 0.000000461. The second-order valence-electron chi connectivity index (χ2n) is 10.8. The van der Waals surface area contributed by atoms with Crippen LogP contribution in [0.1, 0.15) is 49.3 Å². The summed E-state index contributed by atoms with van der Waals surface area (Å²) in [4.78, 5) is 16.9. The first-order chi connectivity index (χ1) is 18.8. The van der Waals surface area contributed by atoms with E-state index in [-0.39, 0.29) is 47.8 Å². The third kappa shape index (κ3) is 7.75. The molecular formula is C29H33F7N2O2. The smallest absolute Gasteiger partial charge is 0.371 e. The molecule has 0 bridgehead atoms. The normalized spacial score (nSPS) is 25.5. The Morgan fingerprint density at radius 2 is 1.52 bits per heavy atom. The fraction of sp³-hybridized carbons (Fsp3) is 0.552. The molecule has 3 aliphatic heterocycles. The average Bonchev–Trinajstić information content (AvgIpc) is 3.51. The van der Waals surface area contributed by atoms with Crippen molar-refractivity contribution in [3.05, 3.63) is 71.0 Å². The van der Waals surface area contributed by atoms with Crippen molar-refractivity contribution < 1.29 is 40.3 Å². The summed E-state index contributed by atoms with van der Waals surface area (Å²) in [6, 6.07) is 9.42. The van der Waals surface area contributed by atoms with E-state index in [4.69, 9.17) is 4.74 Å². The topological polar surface area (TPSA) is 32.8 Å². The summed E-state index contributed by atoms with van der Waals surface area (Å²) in [5, 5.41) is 0. The minimum Gasteiger partial charge on any atom is -0.371 e. The van der Waals surface area contributed by atoms with Crippen molar-refractivity contribution in [2.45, 2.75) is 63.7 Å². The SMILES string of the molecule is CC1C(OCc2cc(C(F)(F)F)cc(C(F)(F)F)c2)CN2C(=O)CC(CN3CCCC3)CC12.Fc1ccccc1. The monoisotopic (exact) mass is 574 g/mol. The largest absolute Gasteiger partial charge is 0.416 e. The van der Waals surface area contributed by atoms with Crippen molar-refractivity contribution in [2.75, 3.05) is 26.2 Å². The van der Waals surface area contributed by atoms with Crippen LogP contribution in [-0.2, 0) is 28.5 Å². The van der Waals surface area contributed by atoms with Crippen LogP contribution in [0.4, 0.5) is 30.7 Å². The van der Waals surface area contributed by atoms with Gasteiger partial charge in [-0.1, -0.05) is 25.1 Å². The van der Waals surface area contributed by atoms with Gasteiger partial charge in [0.25, 0.3) is 0 Å². The fourth-order valence-electron chi connectivity index (χ4n) is 5.84. The molecule has 0 aromatic heterocycles. The molecule has 5 rings (SSSR count). The number of hydrogen-bond acceptors (Lipinski definition) is 3. The van der Waals surface area contributed by atoms with Crippen molar-refractivity contribution in [3.63, 3.8) is 0 Å². The van der Waals surface area contributed by atoms with Crippen LogP contribution in [0.25, 0.3) is 0 Å². The van der Waals surface area contributed by atoms with Gasteiger partial charge in [0.15, 0.2) is 0 Å². The van der Waals surface area contributed by atoms with E-state index in [1.54, 1.807) is 23.1 Å². The zero-order valence-corrected chi connectivity index (χ0v) is 22.1. The number of carbonyl (C=O) groups excluding carboxylic acids is 1. The summed E-state index contributed by atoms with van der Waals surface area (Å²) < 4.78 is 96.4. The first kappa shape index (κ1) is 30.3. The van der Waals surface area contributed by atoms with Crippen LogP contribution < -0.4 is 0 Å². The van der Waals surface area contributed by atoms with Gasteiger partial charge < -0.3 is 14.5 Å². The van der Waals surface area contributed by atoms with Crippen LogP contribution >= 0.6 is 0 Å². The highest BCUT2D eigenvalue weighted by atomic mass is 19.4. The van der Waals surface area contributed by atoms with Crippen LogP contribution in [-0.4, -0.2) is 54.0 Å². The molecule has 3 fully saturated rings. The lowest BCUT2D eigenvalue weighted by atomic mass is 9.86. The number of fused-ring (bicyclic) bond motifs is 1. The van der Waals surface area contributed by atoms with Gasteiger partial charge in [0, 0.05) is 31.5 Å². The Hall–Kier alpha value is -2.66. The molecule has 4 atom stereocenters. The van der Waals surface area contributed by atoms with E-state index in [0.717, 1.165) is 26.1 Å². The summed E-state index contributed by atoms with van der Waals surface area (Å²) in [6.45, 7) is 4.86. The predicted octanol–water partition coefficient (Wildman–Crippen LogP) is 6.79. The van der Waals surface area contributed by atoms with E-state index in [0.29, 0.717) is 25.1 Å². The van der Waals surface area contributed by atoms with Crippen molar-refractivity contribution in [1.82, 2.24) is 9.80 Å². The average molecular weight is 575 g/mol. The maximum absolute atomic E-state index is 13.1. The van der Waals surface area contributed by atoms with Crippen molar-refractivity contribution in [1.29, 1.82) is 0 Å². The minimum absolute atomic E-state index is 0.0175. The molecule has 2 aromatic carbocycles. The molecule has 2 aromatic rings. The molecule has 1 amide bonds. The van der Waals surface area contributed by atoms with Crippen LogP contribution in [0.5, 0.6) is 0 Å². The van der Waals surface area contributed by atoms with E-state index in [9.17, 15) is 35.5 Å². The fourth-order valence-corrected chi connectivity index (χ4v) is 5.84. The van der Waals surface area contributed by atoms with Gasteiger partial charge in [-0.05, 0) is 74.2 Å². The van der Waals surface area contributed by atoms with Crippen LogP contribution in [0, 0.1) is 17.7 Å². The summed E-state index contributed by atoms with van der Waals surface area (Å²) in [6.07, 6.45) is -6.57. The molecule has 220 valence electrons. The van der Waals surface area contributed by atoms with Gasteiger partial charge in [0.05, 0.1) is 23.8 Å². The molecule has 0 N–H and O–H groups in total. The van der Waals surface area contributed by atoms with Gasteiger partial charge in [-0.15, -0.1) is 0 Å². The molecule has 3 saturated heterocycles. The number of hydrogen-bond donors (Lipinski definition) is 0. The van der Waals surface area contributed by atoms with Gasteiger partial charge in [0.1, 0.15) is 5.82 Å².